The van der Waals surface area contributed by atoms with Gasteiger partial charge >= 0.3 is 0 Å². The molecule has 1 saturated carbocycles. The number of nitrogens with zero attached hydrogens (tertiary/aromatic N) is 1. The highest BCUT2D eigenvalue weighted by atomic mass is 35.5. The zero-order valence-corrected chi connectivity index (χ0v) is 11.0. The molecule has 2 rings (SSSR count). The van der Waals surface area contributed by atoms with Gasteiger partial charge in [0.1, 0.15) is 11.5 Å². The lowest BCUT2D eigenvalue weighted by atomic mass is 9.91. The number of nitrogens with one attached hydrogen (secondary N) is 1. The molecule has 0 aliphatic heterocycles. The van der Waals surface area contributed by atoms with Crippen molar-refractivity contribution in [1.29, 1.82) is 0 Å². The molecule has 2 unspecified atom stereocenters. The van der Waals surface area contributed by atoms with Gasteiger partial charge < -0.3 is 11.1 Å². The van der Waals surface area contributed by atoms with Gasteiger partial charge in [-0.3, -0.25) is 10.1 Å². The molecule has 0 radical (unpaired) electrons. The van der Waals surface area contributed by atoms with Crippen LogP contribution in [-0.2, 0) is 0 Å². The standard InChI is InChI=1S/C12H15ClFN3O2/c13-7-5-12(17(18)19)11(6-8(7)14)16-10-4-2-1-3-9(10)15/h5-6,9-10,16H,1-4,15H2. The van der Waals surface area contributed by atoms with Crippen LogP contribution in [0.2, 0.25) is 5.02 Å². The van der Waals surface area contributed by atoms with Crippen LogP contribution in [0, 0.1) is 15.9 Å². The van der Waals surface area contributed by atoms with E-state index in [1.807, 2.05) is 0 Å². The van der Waals surface area contributed by atoms with E-state index >= 15 is 0 Å². The Labute approximate surface area is 115 Å². The monoisotopic (exact) mass is 287 g/mol. The fourth-order valence-electron chi connectivity index (χ4n) is 2.34. The first-order valence-corrected chi connectivity index (χ1v) is 6.52. The van der Waals surface area contributed by atoms with E-state index in [2.05, 4.69) is 5.32 Å². The summed E-state index contributed by atoms with van der Waals surface area (Å²) in [5.41, 5.74) is 5.87. The highest BCUT2D eigenvalue weighted by Gasteiger charge is 2.25. The molecule has 0 spiro atoms. The molecule has 0 bridgehead atoms. The Morgan fingerprint density at radius 1 is 1.42 bits per heavy atom. The Balaban J connectivity index is 2.27. The average molecular weight is 288 g/mol. The minimum absolute atomic E-state index is 0.0759. The molecule has 0 aromatic heterocycles. The van der Waals surface area contributed by atoms with Crippen LogP contribution in [-0.4, -0.2) is 17.0 Å². The normalized spacial score (nSPS) is 23.1. The van der Waals surface area contributed by atoms with E-state index in [0.29, 0.717) is 0 Å². The minimum Gasteiger partial charge on any atom is -0.375 e. The number of hydrogen-bond donors (Lipinski definition) is 2. The Morgan fingerprint density at radius 3 is 2.74 bits per heavy atom. The molecule has 1 aromatic carbocycles. The first-order valence-electron chi connectivity index (χ1n) is 6.14. The molecular formula is C12H15ClFN3O2. The molecular weight excluding hydrogens is 273 g/mol. The lowest BCUT2D eigenvalue weighted by Crippen LogP contribution is -2.42. The zero-order chi connectivity index (χ0) is 14.0. The highest BCUT2D eigenvalue weighted by molar-refractivity contribution is 6.31. The molecule has 0 amide bonds. The summed E-state index contributed by atoms with van der Waals surface area (Å²) in [7, 11) is 0. The van der Waals surface area contributed by atoms with Crippen molar-refractivity contribution in [3.05, 3.63) is 33.1 Å². The molecule has 3 N–H and O–H groups in total. The van der Waals surface area contributed by atoms with Crippen molar-refractivity contribution in [2.24, 2.45) is 5.73 Å². The van der Waals surface area contributed by atoms with Gasteiger partial charge in [-0.1, -0.05) is 24.4 Å². The van der Waals surface area contributed by atoms with Crippen molar-refractivity contribution in [2.75, 3.05) is 5.32 Å². The molecule has 2 atom stereocenters. The summed E-state index contributed by atoms with van der Waals surface area (Å²) in [6.07, 6.45) is 3.75. The average Bonchev–Trinajstić information content (AvgIpc) is 2.36. The fraction of sp³-hybridized carbons (Fsp3) is 0.500. The van der Waals surface area contributed by atoms with Gasteiger partial charge in [0.15, 0.2) is 0 Å². The fourth-order valence-corrected chi connectivity index (χ4v) is 2.50. The number of nitrogens with two attached hydrogens (primary N) is 1. The third kappa shape index (κ3) is 3.13. The van der Waals surface area contributed by atoms with Crippen molar-refractivity contribution >= 4 is 23.0 Å². The van der Waals surface area contributed by atoms with Gasteiger partial charge in [-0.15, -0.1) is 0 Å². The van der Waals surface area contributed by atoms with E-state index in [-0.39, 0.29) is 28.5 Å². The predicted molar refractivity (Wildman–Crippen MR) is 71.9 cm³/mol. The Morgan fingerprint density at radius 2 is 2.11 bits per heavy atom. The third-order valence-corrected chi connectivity index (χ3v) is 3.69. The van der Waals surface area contributed by atoms with Gasteiger partial charge in [-0.2, -0.15) is 0 Å². The van der Waals surface area contributed by atoms with Crippen LogP contribution >= 0.6 is 11.6 Å². The quantitative estimate of drug-likeness (QED) is 0.661. The van der Waals surface area contributed by atoms with E-state index in [1.54, 1.807) is 0 Å². The predicted octanol–water partition coefficient (Wildman–Crippen LogP) is 3.07. The smallest absolute Gasteiger partial charge is 0.294 e. The van der Waals surface area contributed by atoms with Gasteiger partial charge in [0.2, 0.25) is 0 Å². The van der Waals surface area contributed by atoms with Crippen molar-refractivity contribution in [2.45, 2.75) is 37.8 Å². The van der Waals surface area contributed by atoms with Gasteiger partial charge in [-0.25, -0.2) is 4.39 Å². The Kier molecular flexibility index (Phi) is 4.21. The Hall–Kier alpha value is -1.40. The molecule has 1 aromatic rings. The first-order chi connectivity index (χ1) is 8.99. The number of benzene rings is 1. The summed E-state index contributed by atoms with van der Waals surface area (Å²) in [5, 5.41) is 13.7. The summed E-state index contributed by atoms with van der Waals surface area (Å²) >= 11 is 5.57. The molecule has 1 aliphatic rings. The maximum Gasteiger partial charge on any atom is 0.294 e. The molecule has 19 heavy (non-hydrogen) atoms. The van der Waals surface area contributed by atoms with E-state index in [1.165, 1.54) is 0 Å². The van der Waals surface area contributed by atoms with E-state index in [9.17, 15) is 14.5 Å². The lowest BCUT2D eigenvalue weighted by Gasteiger charge is -2.30. The lowest BCUT2D eigenvalue weighted by molar-refractivity contribution is -0.384. The van der Waals surface area contributed by atoms with Crippen molar-refractivity contribution in [1.82, 2.24) is 0 Å². The molecule has 1 fully saturated rings. The maximum absolute atomic E-state index is 13.4. The summed E-state index contributed by atoms with van der Waals surface area (Å²) in [4.78, 5) is 10.4. The minimum atomic E-state index is -0.681. The zero-order valence-electron chi connectivity index (χ0n) is 10.2. The van der Waals surface area contributed by atoms with Gasteiger partial charge in [-0.05, 0) is 12.8 Å². The molecule has 5 nitrogen and oxygen atoms in total. The van der Waals surface area contributed by atoms with Crippen LogP contribution in [0.3, 0.4) is 0 Å². The maximum atomic E-state index is 13.4. The van der Waals surface area contributed by atoms with Crippen LogP contribution in [0.25, 0.3) is 0 Å². The van der Waals surface area contributed by atoms with Gasteiger partial charge in [0, 0.05) is 24.2 Å². The molecule has 7 heteroatoms. The summed E-state index contributed by atoms with van der Waals surface area (Å²) in [6, 6.07) is 1.93. The molecule has 104 valence electrons. The van der Waals surface area contributed by atoms with Crippen molar-refractivity contribution in [3.63, 3.8) is 0 Å². The first kappa shape index (κ1) is 14.0. The number of hydrogen-bond acceptors (Lipinski definition) is 4. The third-order valence-electron chi connectivity index (χ3n) is 3.40. The van der Waals surface area contributed by atoms with Crippen molar-refractivity contribution in [3.8, 4) is 0 Å². The van der Waals surface area contributed by atoms with Crippen molar-refractivity contribution < 1.29 is 9.31 Å². The second-order valence-corrected chi connectivity index (χ2v) is 5.15. The number of nitro benzene ring substituents is 1. The second-order valence-electron chi connectivity index (χ2n) is 4.74. The highest BCUT2D eigenvalue weighted by Crippen LogP contribution is 2.32. The SMILES string of the molecule is NC1CCCCC1Nc1cc(F)c(Cl)cc1[N+](=O)[O-]. The van der Waals surface area contributed by atoms with Gasteiger partial charge in [0.05, 0.1) is 9.95 Å². The summed E-state index contributed by atoms with van der Waals surface area (Å²) in [5.74, 6) is -0.681. The number of halogens is 2. The largest absolute Gasteiger partial charge is 0.375 e. The van der Waals surface area contributed by atoms with Crippen LogP contribution in [0.5, 0.6) is 0 Å². The molecule has 0 saturated heterocycles. The summed E-state index contributed by atoms with van der Waals surface area (Å²) in [6.45, 7) is 0. The van der Waals surface area contributed by atoms with Crippen LogP contribution in [0.15, 0.2) is 12.1 Å². The van der Waals surface area contributed by atoms with Crippen LogP contribution in [0.1, 0.15) is 25.7 Å². The summed E-state index contributed by atoms with van der Waals surface area (Å²) < 4.78 is 13.4. The molecule has 0 heterocycles. The number of nitro groups is 1. The number of rotatable bonds is 3. The number of anilines is 1. The topological polar surface area (TPSA) is 81.2 Å². The molecule has 1 aliphatic carbocycles. The van der Waals surface area contributed by atoms with E-state index in [4.69, 9.17) is 17.3 Å². The van der Waals surface area contributed by atoms with E-state index in [0.717, 1.165) is 37.8 Å². The van der Waals surface area contributed by atoms with Gasteiger partial charge in [0.25, 0.3) is 5.69 Å². The Bertz CT molecular complexity index is 498. The van der Waals surface area contributed by atoms with E-state index < -0.39 is 10.7 Å². The van der Waals surface area contributed by atoms with Crippen LogP contribution < -0.4 is 11.1 Å². The van der Waals surface area contributed by atoms with Crippen LogP contribution in [0.4, 0.5) is 15.8 Å². The second kappa shape index (κ2) is 5.71.